The van der Waals surface area contributed by atoms with Gasteiger partial charge in [0.1, 0.15) is 0 Å². The van der Waals surface area contributed by atoms with Crippen LogP contribution >= 0.6 is 0 Å². The van der Waals surface area contributed by atoms with E-state index in [1.165, 1.54) is 5.56 Å². The van der Waals surface area contributed by atoms with E-state index in [0.29, 0.717) is 13.1 Å². The zero-order chi connectivity index (χ0) is 18.5. The minimum Gasteiger partial charge on any atom is -0.326 e. The first-order valence-electron chi connectivity index (χ1n) is 9.21. The topological polar surface area (TPSA) is 56.0 Å². The molecule has 136 valence electrons. The molecule has 0 spiro atoms. The number of aryl methyl sites for hydroxylation is 3. The highest BCUT2D eigenvalue weighted by Crippen LogP contribution is 2.14. The van der Waals surface area contributed by atoms with Gasteiger partial charge < -0.3 is 5.32 Å². The predicted octanol–water partition coefficient (Wildman–Crippen LogP) is 3.80. The predicted molar refractivity (Wildman–Crippen MR) is 106 cm³/mol. The van der Waals surface area contributed by atoms with Crippen molar-refractivity contribution in [2.45, 2.75) is 46.2 Å². The van der Waals surface area contributed by atoms with Crippen LogP contribution in [0.3, 0.4) is 0 Å². The van der Waals surface area contributed by atoms with Gasteiger partial charge in [-0.15, -0.1) is 0 Å². The Bertz CT molecular complexity index is 952. The molecule has 5 heteroatoms. The smallest absolute Gasteiger partial charge is 0.326 e. The van der Waals surface area contributed by atoms with E-state index in [1.807, 2.05) is 48.5 Å². The van der Waals surface area contributed by atoms with E-state index in [1.54, 1.807) is 9.13 Å². The van der Waals surface area contributed by atoms with E-state index in [0.717, 1.165) is 29.6 Å². The maximum atomic E-state index is 12.7. The number of imidazole rings is 1. The number of nitrogens with zero attached hydrogens (tertiary/aromatic N) is 2. The summed E-state index contributed by atoms with van der Waals surface area (Å²) in [7, 11) is 0. The summed E-state index contributed by atoms with van der Waals surface area (Å²) in [6.45, 7) is 5.20. The maximum Gasteiger partial charge on any atom is 0.329 e. The van der Waals surface area contributed by atoms with E-state index < -0.39 is 0 Å². The number of carbonyl (C=O) groups excluding carboxylic acids is 1. The van der Waals surface area contributed by atoms with Crippen molar-refractivity contribution in [3.8, 4) is 0 Å². The van der Waals surface area contributed by atoms with Crippen LogP contribution in [0.2, 0.25) is 0 Å². The number of rotatable bonds is 7. The van der Waals surface area contributed by atoms with Crippen LogP contribution in [0.25, 0.3) is 11.0 Å². The number of anilines is 1. The quantitative estimate of drug-likeness (QED) is 0.704. The van der Waals surface area contributed by atoms with Crippen LogP contribution in [-0.2, 0) is 24.3 Å². The third-order valence-electron chi connectivity index (χ3n) is 4.58. The molecule has 0 radical (unpaired) electrons. The third-order valence-corrected chi connectivity index (χ3v) is 4.58. The van der Waals surface area contributed by atoms with E-state index in [4.69, 9.17) is 0 Å². The molecule has 0 aliphatic heterocycles. The van der Waals surface area contributed by atoms with Crippen molar-refractivity contribution in [2.75, 3.05) is 5.32 Å². The fourth-order valence-electron chi connectivity index (χ4n) is 3.19. The van der Waals surface area contributed by atoms with Gasteiger partial charge in [0, 0.05) is 25.2 Å². The van der Waals surface area contributed by atoms with E-state index in [-0.39, 0.29) is 18.0 Å². The molecule has 0 aliphatic carbocycles. The van der Waals surface area contributed by atoms with Crippen LogP contribution in [0, 0.1) is 0 Å². The molecule has 0 fully saturated rings. The summed E-state index contributed by atoms with van der Waals surface area (Å²) >= 11 is 0. The highest BCUT2D eigenvalue weighted by Gasteiger charge is 2.13. The lowest BCUT2D eigenvalue weighted by Gasteiger charge is -2.07. The van der Waals surface area contributed by atoms with E-state index in [2.05, 4.69) is 19.2 Å². The molecule has 0 unspecified atom stereocenters. The normalized spacial score (nSPS) is 11.0. The highest BCUT2D eigenvalue weighted by molar-refractivity contribution is 5.90. The number of para-hydroxylation sites is 2. The van der Waals surface area contributed by atoms with Crippen LogP contribution in [0.1, 0.15) is 32.3 Å². The third kappa shape index (κ3) is 3.72. The number of hydrogen-bond donors (Lipinski definition) is 1. The van der Waals surface area contributed by atoms with Crippen LogP contribution in [-0.4, -0.2) is 15.0 Å². The standard InChI is InChI=1S/C21H25N3O2/c1-3-14-23-18-7-5-6-8-19(18)24(21(23)26)15-13-20(25)22-17-11-9-16(4-2)10-12-17/h5-12H,3-4,13-15H2,1-2H3,(H,22,25). The molecule has 0 atom stereocenters. The molecule has 0 aliphatic rings. The lowest BCUT2D eigenvalue weighted by Crippen LogP contribution is -2.26. The molecule has 0 saturated carbocycles. The fraction of sp³-hybridized carbons (Fsp3) is 0.333. The summed E-state index contributed by atoms with van der Waals surface area (Å²) in [5.41, 5.74) is 3.78. The van der Waals surface area contributed by atoms with Crippen molar-refractivity contribution in [1.82, 2.24) is 9.13 Å². The molecule has 3 rings (SSSR count). The molecule has 1 amide bonds. The summed E-state index contributed by atoms with van der Waals surface area (Å²) in [6, 6.07) is 15.6. The molecular formula is C21H25N3O2. The van der Waals surface area contributed by atoms with Gasteiger partial charge in [-0.25, -0.2) is 4.79 Å². The van der Waals surface area contributed by atoms with Gasteiger partial charge in [0.25, 0.3) is 0 Å². The van der Waals surface area contributed by atoms with Crippen LogP contribution in [0.4, 0.5) is 5.69 Å². The Hall–Kier alpha value is -2.82. The second-order valence-electron chi connectivity index (χ2n) is 6.42. The van der Waals surface area contributed by atoms with E-state index in [9.17, 15) is 9.59 Å². The van der Waals surface area contributed by atoms with Crippen molar-refractivity contribution in [3.05, 3.63) is 64.6 Å². The lowest BCUT2D eigenvalue weighted by atomic mass is 10.1. The summed E-state index contributed by atoms with van der Waals surface area (Å²) in [6.07, 6.45) is 2.12. The van der Waals surface area contributed by atoms with Gasteiger partial charge >= 0.3 is 5.69 Å². The minimum absolute atomic E-state index is 0.0480. The second kappa shape index (κ2) is 8.04. The van der Waals surface area contributed by atoms with Crippen LogP contribution in [0.15, 0.2) is 53.3 Å². The molecule has 2 aromatic carbocycles. The van der Waals surface area contributed by atoms with Gasteiger partial charge in [-0.1, -0.05) is 38.1 Å². The Morgan fingerprint density at radius 1 is 0.923 bits per heavy atom. The number of benzene rings is 2. The molecule has 5 nitrogen and oxygen atoms in total. The molecule has 3 aromatic rings. The Labute approximate surface area is 153 Å². The average molecular weight is 351 g/mol. The minimum atomic E-state index is -0.0894. The zero-order valence-electron chi connectivity index (χ0n) is 15.4. The number of fused-ring (bicyclic) bond motifs is 1. The molecule has 26 heavy (non-hydrogen) atoms. The van der Waals surface area contributed by atoms with Gasteiger partial charge in [-0.05, 0) is 42.7 Å². The summed E-state index contributed by atoms with van der Waals surface area (Å²) in [5.74, 6) is -0.0894. The number of carbonyl (C=O) groups is 1. The van der Waals surface area contributed by atoms with Gasteiger partial charge in [-0.2, -0.15) is 0 Å². The Balaban J connectivity index is 1.73. The number of aromatic nitrogens is 2. The largest absolute Gasteiger partial charge is 0.329 e. The van der Waals surface area contributed by atoms with Gasteiger partial charge in [-0.3, -0.25) is 13.9 Å². The van der Waals surface area contributed by atoms with Gasteiger partial charge in [0.2, 0.25) is 5.91 Å². The second-order valence-corrected chi connectivity index (χ2v) is 6.42. The first-order chi connectivity index (χ1) is 12.6. The van der Waals surface area contributed by atoms with Crippen molar-refractivity contribution < 1.29 is 4.79 Å². The van der Waals surface area contributed by atoms with Crippen molar-refractivity contribution in [1.29, 1.82) is 0 Å². The molecule has 0 saturated heterocycles. The summed E-state index contributed by atoms with van der Waals surface area (Å²) in [4.78, 5) is 25.0. The molecule has 1 N–H and O–H groups in total. The highest BCUT2D eigenvalue weighted by atomic mass is 16.2. The molecule has 1 heterocycles. The fourth-order valence-corrected chi connectivity index (χ4v) is 3.19. The summed E-state index contributed by atoms with van der Waals surface area (Å²) in [5, 5.41) is 2.90. The Kier molecular flexibility index (Phi) is 5.56. The molecular weight excluding hydrogens is 326 g/mol. The van der Waals surface area contributed by atoms with Crippen LogP contribution in [0.5, 0.6) is 0 Å². The van der Waals surface area contributed by atoms with Crippen molar-refractivity contribution >= 4 is 22.6 Å². The van der Waals surface area contributed by atoms with E-state index >= 15 is 0 Å². The van der Waals surface area contributed by atoms with Gasteiger partial charge in [0.05, 0.1) is 11.0 Å². The lowest BCUT2D eigenvalue weighted by molar-refractivity contribution is -0.116. The van der Waals surface area contributed by atoms with Crippen molar-refractivity contribution in [2.24, 2.45) is 0 Å². The Morgan fingerprint density at radius 3 is 2.12 bits per heavy atom. The summed E-state index contributed by atoms with van der Waals surface area (Å²) < 4.78 is 3.49. The first-order valence-corrected chi connectivity index (χ1v) is 9.21. The number of amides is 1. The molecule has 1 aromatic heterocycles. The Morgan fingerprint density at radius 2 is 1.54 bits per heavy atom. The van der Waals surface area contributed by atoms with Crippen LogP contribution < -0.4 is 11.0 Å². The monoisotopic (exact) mass is 351 g/mol. The van der Waals surface area contributed by atoms with Gasteiger partial charge in [0.15, 0.2) is 0 Å². The first kappa shape index (κ1) is 18.0. The maximum absolute atomic E-state index is 12.7. The SMILES string of the molecule is CCCn1c(=O)n(CCC(=O)Nc2ccc(CC)cc2)c2ccccc21. The zero-order valence-corrected chi connectivity index (χ0v) is 15.4. The number of hydrogen-bond acceptors (Lipinski definition) is 2. The number of nitrogens with one attached hydrogen (secondary N) is 1. The van der Waals surface area contributed by atoms with Crippen molar-refractivity contribution in [3.63, 3.8) is 0 Å². The average Bonchev–Trinajstić information content (AvgIpc) is 2.93. The molecule has 0 bridgehead atoms.